The summed E-state index contributed by atoms with van der Waals surface area (Å²) in [6, 6.07) is 7.11. The van der Waals surface area contributed by atoms with Gasteiger partial charge in [-0.2, -0.15) is 0 Å². The van der Waals surface area contributed by atoms with Crippen molar-refractivity contribution >= 4 is 17.5 Å². The van der Waals surface area contributed by atoms with Crippen molar-refractivity contribution in [1.29, 1.82) is 0 Å². The number of likely N-dealkylation sites (tertiary alicyclic amines) is 1. The van der Waals surface area contributed by atoms with E-state index in [1.54, 1.807) is 24.3 Å². The molecule has 0 spiro atoms. The molecule has 4 heteroatoms. The van der Waals surface area contributed by atoms with Crippen LogP contribution in [0.4, 0.5) is 0 Å². The van der Waals surface area contributed by atoms with Crippen molar-refractivity contribution in [3.05, 3.63) is 29.3 Å². The molecule has 116 valence electrons. The van der Waals surface area contributed by atoms with Gasteiger partial charge in [-0.25, -0.2) is 0 Å². The van der Waals surface area contributed by atoms with Gasteiger partial charge >= 0.3 is 0 Å². The topological polar surface area (TPSA) is 29.5 Å². The Morgan fingerprint density at radius 3 is 2.24 bits per heavy atom. The van der Waals surface area contributed by atoms with Gasteiger partial charge in [-0.3, -0.25) is 4.79 Å². The molecule has 0 aliphatic carbocycles. The van der Waals surface area contributed by atoms with Crippen LogP contribution in [0.15, 0.2) is 24.3 Å². The number of hydrogen-bond acceptors (Lipinski definition) is 2. The van der Waals surface area contributed by atoms with Gasteiger partial charge in [0.1, 0.15) is 5.75 Å². The van der Waals surface area contributed by atoms with E-state index in [0.29, 0.717) is 22.6 Å². The number of rotatable bonds is 3. The van der Waals surface area contributed by atoms with E-state index < -0.39 is 5.60 Å². The third-order valence-electron chi connectivity index (χ3n) is 3.86. The molecular formula is C17H24ClNO2. The lowest BCUT2D eigenvalue weighted by atomic mass is 9.91. The summed E-state index contributed by atoms with van der Waals surface area (Å²) in [6.07, 6.45) is 1.18. The Kier molecular flexibility index (Phi) is 4.82. The van der Waals surface area contributed by atoms with Crippen LogP contribution in [0.3, 0.4) is 0 Å². The van der Waals surface area contributed by atoms with Gasteiger partial charge in [-0.05, 0) is 56.4 Å². The van der Waals surface area contributed by atoms with Gasteiger partial charge in [0.25, 0.3) is 5.91 Å². The molecule has 1 aromatic rings. The first kappa shape index (κ1) is 16.2. The van der Waals surface area contributed by atoms with Gasteiger partial charge in [0, 0.05) is 18.1 Å². The van der Waals surface area contributed by atoms with Crippen LogP contribution in [-0.2, 0) is 4.79 Å². The molecule has 1 aromatic carbocycles. The zero-order valence-electron chi connectivity index (χ0n) is 13.2. The summed E-state index contributed by atoms with van der Waals surface area (Å²) < 4.78 is 5.89. The fourth-order valence-electron chi connectivity index (χ4n) is 3.05. The largest absolute Gasteiger partial charge is 0.478 e. The molecule has 1 saturated heterocycles. The molecule has 0 aromatic heterocycles. The molecule has 1 heterocycles. The minimum Gasteiger partial charge on any atom is -0.478 e. The lowest BCUT2D eigenvalue weighted by Gasteiger charge is -2.39. The summed E-state index contributed by atoms with van der Waals surface area (Å²) in [5.74, 6) is 1.81. The quantitative estimate of drug-likeness (QED) is 0.844. The van der Waals surface area contributed by atoms with Gasteiger partial charge in [-0.1, -0.05) is 25.4 Å². The van der Waals surface area contributed by atoms with Crippen LogP contribution in [0.2, 0.25) is 5.02 Å². The normalized spacial score (nSPS) is 23.0. The number of ether oxygens (including phenoxy) is 1. The Labute approximate surface area is 132 Å². The predicted octanol–water partition coefficient (Wildman–Crippen LogP) is 4.00. The van der Waals surface area contributed by atoms with Crippen LogP contribution in [-0.4, -0.2) is 29.5 Å². The summed E-state index contributed by atoms with van der Waals surface area (Å²) in [5, 5.41) is 0.658. The highest BCUT2D eigenvalue weighted by Gasteiger charge is 2.37. The Balaban J connectivity index is 2.07. The highest BCUT2D eigenvalue weighted by Crippen LogP contribution is 2.26. The molecule has 0 saturated carbocycles. The van der Waals surface area contributed by atoms with Crippen molar-refractivity contribution in [3.63, 3.8) is 0 Å². The predicted molar refractivity (Wildman–Crippen MR) is 85.7 cm³/mol. The van der Waals surface area contributed by atoms with Gasteiger partial charge in [0.15, 0.2) is 5.60 Å². The van der Waals surface area contributed by atoms with Crippen molar-refractivity contribution in [3.8, 4) is 5.75 Å². The number of hydrogen-bond donors (Lipinski definition) is 0. The number of nitrogens with zero attached hydrogens (tertiary/aromatic N) is 1. The van der Waals surface area contributed by atoms with Crippen LogP contribution < -0.4 is 4.74 Å². The second-order valence-corrected chi connectivity index (χ2v) is 7.16. The minimum absolute atomic E-state index is 0.0517. The molecule has 1 amide bonds. The second kappa shape index (κ2) is 6.27. The van der Waals surface area contributed by atoms with E-state index in [2.05, 4.69) is 13.8 Å². The maximum atomic E-state index is 12.8. The van der Waals surface area contributed by atoms with E-state index in [0.717, 1.165) is 13.1 Å². The second-order valence-electron chi connectivity index (χ2n) is 6.72. The van der Waals surface area contributed by atoms with Gasteiger partial charge in [0.05, 0.1) is 0 Å². The molecule has 0 N–H and O–H groups in total. The van der Waals surface area contributed by atoms with Crippen molar-refractivity contribution in [2.45, 2.75) is 39.7 Å². The van der Waals surface area contributed by atoms with E-state index in [9.17, 15) is 4.79 Å². The van der Waals surface area contributed by atoms with Crippen LogP contribution in [0.25, 0.3) is 0 Å². The number of halogens is 1. The average Bonchev–Trinajstić information content (AvgIpc) is 2.39. The summed E-state index contributed by atoms with van der Waals surface area (Å²) in [6.45, 7) is 9.68. The standard InChI is InChI=1S/C17H24ClNO2/c1-12-9-13(2)11-19(10-12)16(20)17(3,4)21-15-7-5-14(18)6-8-15/h5-8,12-13H,9-11H2,1-4H3/t12-,13-/m1/s1. The lowest BCUT2D eigenvalue weighted by Crippen LogP contribution is -2.53. The Morgan fingerprint density at radius 1 is 1.19 bits per heavy atom. The summed E-state index contributed by atoms with van der Waals surface area (Å²) >= 11 is 5.87. The van der Waals surface area contributed by atoms with Crippen molar-refractivity contribution in [2.24, 2.45) is 11.8 Å². The fourth-order valence-corrected chi connectivity index (χ4v) is 3.18. The first-order chi connectivity index (χ1) is 9.78. The van der Waals surface area contributed by atoms with E-state index in [4.69, 9.17) is 16.3 Å². The van der Waals surface area contributed by atoms with E-state index in [1.807, 2.05) is 18.7 Å². The number of carbonyl (C=O) groups is 1. The maximum absolute atomic E-state index is 12.8. The maximum Gasteiger partial charge on any atom is 0.266 e. The molecule has 0 unspecified atom stereocenters. The van der Waals surface area contributed by atoms with E-state index >= 15 is 0 Å². The SMILES string of the molecule is C[C@@H]1C[C@@H](C)CN(C(=O)C(C)(C)Oc2ccc(Cl)cc2)C1. The van der Waals surface area contributed by atoms with Crippen molar-refractivity contribution < 1.29 is 9.53 Å². The first-order valence-electron chi connectivity index (χ1n) is 7.52. The third-order valence-corrected chi connectivity index (χ3v) is 4.11. The molecule has 1 fully saturated rings. The van der Waals surface area contributed by atoms with Gasteiger partial charge in [-0.15, -0.1) is 0 Å². The molecular weight excluding hydrogens is 286 g/mol. The molecule has 3 nitrogen and oxygen atoms in total. The molecule has 21 heavy (non-hydrogen) atoms. The average molecular weight is 310 g/mol. The monoisotopic (exact) mass is 309 g/mol. The number of piperidine rings is 1. The van der Waals surface area contributed by atoms with Crippen molar-refractivity contribution in [1.82, 2.24) is 4.90 Å². The Bertz CT molecular complexity index is 488. The molecule has 2 rings (SSSR count). The fraction of sp³-hybridized carbons (Fsp3) is 0.588. The first-order valence-corrected chi connectivity index (χ1v) is 7.89. The van der Waals surface area contributed by atoms with E-state index in [-0.39, 0.29) is 5.91 Å². The third kappa shape index (κ3) is 4.13. The van der Waals surface area contributed by atoms with Crippen LogP contribution >= 0.6 is 11.6 Å². The summed E-state index contributed by atoms with van der Waals surface area (Å²) in [4.78, 5) is 14.7. The van der Waals surface area contributed by atoms with Crippen LogP contribution in [0.1, 0.15) is 34.1 Å². The van der Waals surface area contributed by atoms with Crippen LogP contribution in [0, 0.1) is 11.8 Å². The molecule has 1 aliphatic heterocycles. The lowest BCUT2D eigenvalue weighted by molar-refractivity contribution is -0.148. The smallest absolute Gasteiger partial charge is 0.266 e. The Hall–Kier alpha value is -1.22. The van der Waals surface area contributed by atoms with E-state index in [1.165, 1.54) is 6.42 Å². The molecule has 0 radical (unpaired) electrons. The number of amides is 1. The van der Waals surface area contributed by atoms with Crippen LogP contribution in [0.5, 0.6) is 5.75 Å². The minimum atomic E-state index is -0.870. The molecule has 1 aliphatic rings. The van der Waals surface area contributed by atoms with Gasteiger partial charge < -0.3 is 9.64 Å². The summed E-state index contributed by atoms with van der Waals surface area (Å²) in [7, 11) is 0. The molecule has 2 atom stereocenters. The zero-order chi connectivity index (χ0) is 15.6. The molecule has 0 bridgehead atoms. The highest BCUT2D eigenvalue weighted by molar-refractivity contribution is 6.30. The summed E-state index contributed by atoms with van der Waals surface area (Å²) in [5.41, 5.74) is -0.870. The zero-order valence-corrected chi connectivity index (χ0v) is 14.0. The number of carbonyl (C=O) groups excluding carboxylic acids is 1. The highest BCUT2D eigenvalue weighted by atomic mass is 35.5. The number of benzene rings is 1. The van der Waals surface area contributed by atoms with Gasteiger partial charge in [0.2, 0.25) is 0 Å². The Morgan fingerprint density at radius 2 is 1.71 bits per heavy atom. The van der Waals surface area contributed by atoms with Crippen molar-refractivity contribution in [2.75, 3.05) is 13.1 Å².